The molecule has 588 valence electrons. The van der Waals surface area contributed by atoms with Gasteiger partial charge in [0, 0.05) is 38.2 Å². The zero-order valence-corrected chi connectivity index (χ0v) is 71.7. The molecule has 8 aromatic carbocycles. The molecule has 3 aliphatic carbocycles. The van der Waals surface area contributed by atoms with Crippen molar-refractivity contribution in [2.45, 2.75) is 91.0 Å². The quantitative estimate of drug-likeness (QED) is 0.0253. The van der Waals surface area contributed by atoms with Gasteiger partial charge in [0.2, 0.25) is 30.1 Å². The molecule has 1 unspecified atom stereocenters. The van der Waals surface area contributed by atoms with Gasteiger partial charge < -0.3 is 10.2 Å². The first-order valence-electron chi connectivity index (χ1n) is 33.3. The Kier molecular flexibility index (Phi) is 23.3. The van der Waals surface area contributed by atoms with Gasteiger partial charge in [-0.25, -0.2) is 74.5 Å². The Morgan fingerprint density at radius 1 is 0.540 bits per heavy atom. The lowest BCUT2D eigenvalue weighted by Gasteiger charge is -2.21. The van der Waals surface area contributed by atoms with E-state index in [0.717, 1.165) is 55.3 Å². The zero-order valence-electron chi connectivity index (χ0n) is 57.3. The summed E-state index contributed by atoms with van der Waals surface area (Å²) in [6, 6.07) is 23.4. The fourth-order valence-electron chi connectivity index (χ4n) is 12.9. The van der Waals surface area contributed by atoms with E-state index in [1.807, 2.05) is 90.4 Å². The molecule has 0 bridgehead atoms. The summed E-state index contributed by atoms with van der Waals surface area (Å²) in [5.41, 5.74) is -1.92. The molecule has 1 atom stereocenters. The minimum absolute atomic E-state index is 0.00861. The average Bonchev–Trinajstić information content (AvgIpc) is 1.53. The number of halogens is 12. The van der Waals surface area contributed by atoms with Gasteiger partial charge in [-0.15, -0.1) is 28.5 Å². The van der Waals surface area contributed by atoms with Gasteiger partial charge in [-0.3, -0.25) is 18.6 Å². The molecule has 0 saturated heterocycles. The van der Waals surface area contributed by atoms with Crippen LogP contribution in [0, 0.1) is 60.8 Å². The van der Waals surface area contributed by atoms with Gasteiger partial charge in [0.15, 0.2) is 23.3 Å². The molecule has 0 spiro atoms. The highest BCUT2D eigenvalue weighted by molar-refractivity contribution is 14.1. The third kappa shape index (κ3) is 15.7. The number of aromatic nitrogens is 12. The standard InChI is InChI=1S/C19H13F2IN4O3S2.C19H18F2IN3O4S2.C19H16F2IN3O2S2.C13H5F2IN4OS/c1-2-5-19(6-7-19)31(28,29)26-13-9-14-16(23-24-30-14)15(21)17(13)25(18(26)27)12-4-3-10(22)8-11(12)20;20-14-6-11(22)2-1-10(14)5-13-15(7-16-18(17(13)21)23-25-30-16)24-31(28,29)19(3-4-19)8-12(27)9-26;1-2-5-19(6-7-19)29(26,27)24-15-10-16-18(23-25-28-16)17(21)13(15)8-11-3-4-12(22)9-14(11)20;14-6-3-5(16)1-2-8(6)20-12-7(17-13(20)21)4-9-11(10(12)15)18-19-22-9/h2-4,8-9H,1,5-7H2;1-2,6-7,12,24,26-27H,3-5,8-9H2;2-4,9-10,24H,1,5-8H2;1-4,19H. The summed E-state index contributed by atoms with van der Waals surface area (Å²) in [6.07, 6.45) is 4.28. The molecule has 6 aromatic heterocycles. The Labute approximate surface area is 705 Å². The van der Waals surface area contributed by atoms with E-state index in [1.54, 1.807) is 42.5 Å². The number of hydrogen-bond acceptors (Lipinski definition) is 22. The van der Waals surface area contributed by atoms with Crippen LogP contribution in [-0.4, -0.2) is 119 Å². The van der Waals surface area contributed by atoms with Crippen molar-refractivity contribution in [2.75, 3.05) is 16.1 Å². The minimum atomic E-state index is -4.24. The maximum Gasteiger partial charge on any atom is 0.353 e. The molecule has 3 saturated carbocycles. The highest BCUT2D eigenvalue weighted by Crippen LogP contribution is 2.51. The van der Waals surface area contributed by atoms with Crippen LogP contribution in [0.25, 0.3) is 74.3 Å². The average molecular weight is 2130 g/mol. The highest BCUT2D eigenvalue weighted by atomic mass is 127. The molecule has 3 aliphatic rings. The Morgan fingerprint density at radius 3 is 1.43 bits per heavy atom. The van der Waals surface area contributed by atoms with Crippen LogP contribution >= 0.6 is 136 Å². The number of aliphatic hydroxyl groups excluding tert-OH is 2. The number of H-pyrrole nitrogens is 1. The zero-order chi connectivity index (χ0) is 80.8. The number of imidazole rings is 2. The molecule has 24 nitrogen and oxygen atoms in total. The SMILES string of the molecule is C=CCC1(S(=O)(=O)Nc2cc3snnc3c(F)c2Cc2ccc(I)cc2F)CC1.C=CCC1(S(=O)(=O)n2c(=O)n(-c3ccc(I)cc3F)c3c(F)c4nnsc4cc32)CC1.O=S(=O)(Nc1cc2snnc2c(F)c1Cc1ccc(I)cc1F)C1(CC(O)CO)CC1.O=c1nc2cc3s[nH]nc3c(F)c2n1-c1ccc(I)cc1F. The molecule has 17 rings (SSSR count). The van der Waals surface area contributed by atoms with Crippen LogP contribution in [-0.2, 0) is 42.9 Å². The second kappa shape index (κ2) is 32.0. The Bertz CT molecular complexity index is 6730. The fraction of sp³-hybridized carbons (Fsp3) is 0.229. The summed E-state index contributed by atoms with van der Waals surface area (Å²) < 4.78 is 220. The second-order valence-electron chi connectivity index (χ2n) is 26.5. The summed E-state index contributed by atoms with van der Waals surface area (Å²) in [7, 11) is -12.0. The number of benzene rings is 8. The van der Waals surface area contributed by atoms with E-state index < -0.39 is 115 Å². The third-order valence-electron chi connectivity index (χ3n) is 19.3. The molecule has 43 heteroatoms. The smallest absolute Gasteiger partial charge is 0.353 e. The summed E-state index contributed by atoms with van der Waals surface area (Å²) in [5.74, 6) is -5.49. The van der Waals surface area contributed by atoms with Gasteiger partial charge in [-0.1, -0.05) is 37.7 Å². The number of rotatable bonds is 21. The predicted molar refractivity (Wildman–Crippen MR) is 450 cm³/mol. The van der Waals surface area contributed by atoms with Crippen LogP contribution < -0.4 is 20.8 Å². The summed E-state index contributed by atoms with van der Waals surface area (Å²) in [5, 5.41) is 34.0. The van der Waals surface area contributed by atoms with Crippen LogP contribution in [0.15, 0.2) is 132 Å². The van der Waals surface area contributed by atoms with Crippen molar-refractivity contribution >= 4 is 241 Å². The van der Waals surface area contributed by atoms with Crippen molar-refractivity contribution in [1.82, 2.24) is 56.4 Å². The monoisotopic (exact) mass is 2130 g/mol. The van der Waals surface area contributed by atoms with Crippen LogP contribution in [0.3, 0.4) is 0 Å². The van der Waals surface area contributed by atoms with Gasteiger partial charge in [-0.05, 0) is 290 Å². The van der Waals surface area contributed by atoms with Crippen molar-refractivity contribution in [3.63, 3.8) is 0 Å². The Morgan fingerprint density at radius 2 is 0.973 bits per heavy atom. The van der Waals surface area contributed by atoms with E-state index in [-0.39, 0.29) is 120 Å². The van der Waals surface area contributed by atoms with Crippen molar-refractivity contribution in [3.05, 3.63) is 226 Å². The van der Waals surface area contributed by atoms with Gasteiger partial charge in [0.25, 0.3) is 0 Å². The first-order chi connectivity index (χ1) is 53.7. The summed E-state index contributed by atoms with van der Waals surface area (Å²) in [4.78, 5) is 29.4. The number of sulfonamides is 2. The van der Waals surface area contributed by atoms with Crippen LogP contribution in [0.1, 0.15) is 80.0 Å². The third-order valence-corrected chi connectivity index (χ3v) is 31.6. The van der Waals surface area contributed by atoms with Crippen molar-refractivity contribution in [3.8, 4) is 11.4 Å². The molecule has 3 fully saturated rings. The number of allylic oxidation sites excluding steroid dienone is 2. The van der Waals surface area contributed by atoms with Crippen molar-refractivity contribution < 1.29 is 70.6 Å². The number of hydrogen-bond donors (Lipinski definition) is 5. The second-order valence-corrected chi connectivity index (χ2v) is 41.0. The number of fused-ring (bicyclic) bond motifs is 6. The summed E-state index contributed by atoms with van der Waals surface area (Å²) in [6.45, 7) is 6.70. The van der Waals surface area contributed by atoms with E-state index >= 15 is 13.2 Å². The van der Waals surface area contributed by atoms with Crippen molar-refractivity contribution in [2.24, 2.45) is 0 Å². The van der Waals surface area contributed by atoms with Crippen LogP contribution in [0.4, 0.5) is 46.5 Å². The minimum Gasteiger partial charge on any atom is -0.394 e. The molecule has 14 aromatic rings. The van der Waals surface area contributed by atoms with Gasteiger partial charge in [0.05, 0.1) is 79.5 Å². The fourth-order valence-corrected chi connectivity index (χ4v) is 22.6. The topological polar surface area (TPSA) is 335 Å². The van der Waals surface area contributed by atoms with Gasteiger partial charge >= 0.3 is 11.4 Å². The Hall–Kier alpha value is -7.21. The lowest BCUT2D eigenvalue weighted by molar-refractivity contribution is 0.0858. The normalized spacial score (nSPS) is 15.0. The van der Waals surface area contributed by atoms with Crippen molar-refractivity contribution in [1.29, 1.82) is 0 Å². The molecular formula is C70H52F8I4N14O10S7. The first kappa shape index (κ1) is 82.3. The van der Waals surface area contributed by atoms with Gasteiger partial charge in [-0.2, -0.15) is 14.1 Å². The van der Waals surface area contributed by atoms with E-state index in [2.05, 4.69) is 65.9 Å². The number of nitrogens with zero attached hydrogens (tertiary/aromatic N) is 11. The van der Waals surface area contributed by atoms with E-state index in [4.69, 9.17) is 5.11 Å². The predicted octanol–water partition coefficient (Wildman–Crippen LogP) is 15.4. The Balaban J connectivity index is 0.000000126. The maximum absolute atomic E-state index is 15.5. The van der Waals surface area contributed by atoms with E-state index in [0.29, 0.717) is 77.3 Å². The summed E-state index contributed by atoms with van der Waals surface area (Å²) >= 11 is 11.7. The number of nitrogens with one attached hydrogen (secondary N) is 3. The molecule has 6 heterocycles. The van der Waals surface area contributed by atoms with Crippen LogP contribution in [0.2, 0.25) is 0 Å². The molecule has 0 amide bonds. The van der Waals surface area contributed by atoms with Crippen LogP contribution in [0.5, 0.6) is 0 Å². The van der Waals surface area contributed by atoms with E-state index in [9.17, 15) is 61.9 Å². The molecule has 0 radical (unpaired) electrons. The van der Waals surface area contributed by atoms with E-state index in [1.165, 1.54) is 66.7 Å². The largest absolute Gasteiger partial charge is 0.394 e. The number of aromatic amines is 1. The molecular weight excluding hydrogens is 2080 g/mol. The lowest BCUT2D eigenvalue weighted by Crippen LogP contribution is -2.37. The molecule has 113 heavy (non-hydrogen) atoms. The van der Waals surface area contributed by atoms with Gasteiger partial charge in [0.1, 0.15) is 56.4 Å². The number of anilines is 2. The maximum atomic E-state index is 15.5. The first-order valence-corrected chi connectivity index (χ1v) is 45.1. The number of aliphatic hydroxyl groups is 2. The molecule has 0 aliphatic heterocycles. The highest BCUT2D eigenvalue weighted by Gasteiger charge is 2.57. The lowest BCUT2D eigenvalue weighted by atomic mass is 10.0. The molecule has 5 N–H and O–H groups in total.